The van der Waals surface area contributed by atoms with Crippen LogP contribution in [0.2, 0.25) is 10.0 Å². The lowest BCUT2D eigenvalue weighted by Crippen LogP contribution is -2.09. The number of halogens is 2. The predicted molar refractivity (Wildman–Crippen MR) is 121 cm³/mol. The number of carbonyl (C=O) groups excluding carboxylic acids is 2. The van der Waals surface area contributed by atoms with Gasteiger partial charge >= 0.3 is 11.9 Å². The van der Waals surface area contributed by atoms with E-state index in [4.69, 9.17) is 37.4 Å². The lowest BCUT2D eigenvalue weighted by atomic mass is 10.1. The Kier molecular flexibility index (Phi) is 6.25. The Morgan fingerprint density at radius 1 is 0.969 bits per heavy atom. The molecule has 1 aliphatic rings. The summed E-state index contributed by atoms with van der Waals surface area (Å²) in [5.41, 5.74) is 1.67. The van der Waals surface area contributed by atoms with E-state index in [1.54, 1.807) is 72.8 Å². The molecule has 0 atom stereocenters. The lowest BCUT2D eigenvalue weighted by molar-refractivity contribution is -0.129. The highest BCUT2D eigenvalue weighted by atomic mass is 35.5. The van der Waals surface area contributed by atoms with E-state index >= 15 is 0 Å². The van der Waals surface area contributed by atoms with Crippen molar-refractivity contribution in [2.45, 2.75) is 0 Å². The van der Waals surface area contributed by atoms with Gasteiger partial charge in [0.1, 0.15) is 0 Å². The zero-order valence-corrected chi connectivity index (χ0v) is 18.2. The number of hydrogen-bond acceptors (Lipinski definition) is 6. The Bertz CT molecular complexity index is 1270. The second-order valence-corrected chi connectivity index (χ2v) is 7.53. The summed E-state index contributed by atoms with van der Waals surface area (Å²) in [6.45, 7) is 0. The smallest absolute Gasteiger partial charge is 0.363 e. The molecule has 0 unspecified atom stereocenters. The van der Waals surface area contributed by atoms with Crippen LogP contribution in [0.5, 0.6) is 11.5 Å². The summed E-state index contributed by atoms with van der Waals surface area (Å²) in [4.78, 5) is 28.9. The molecule has 0 fully saturated rings. The zero-order chi connectivity index (χ0) is 22.7. The molecule has 0 amide bonds. The number of nitrogens with zero attached hydrogens (tertiary/aromatic N) is 1. The van der Waals surface area contributed by atoms with Gasteiger partial charge in [-0.3, -0.25) is 0 Å². The minimum atomic E-state index is -0.586. The van der Waals surface area contributed by atoms with Gasteiger partial charge in [0.25, 0.3) is 0 Å². The first-order chi connectivity index (χ1) is 15.4. The number of aliphatic imine (C=N–C) groups is 1. The normalized spacial score (nSPS) is 14.2. The first kappa shape index (κ1) is 21.6. The molecule has 0 N–H and O–H groups in total. The number of methoxy groups -OCH3 is 1. The summed E-state index contributed by atoms with van der Waals surface area (Å²) in [6.07, 6.45) is 1.55. The van der Waals surface area contributed by atoms with Crippen molar-refractivity contribution in [2.24, 2.45) is 4.99 Å². The van der Waals surface area contributed by atoms with Gasteiger partial charge in [0.2, 0.25) is 5.90 Å². The average molecular weight is 468 g/mol. The van der Waals surface area contributed by atoms with Crippen LogP contribution in [0.1, 0.15) is 21.5 Å². The highest BCUT2D eigenvalue weighted by molar-refractivity contribution is 6.31. The summed E-state index contributed by atoms with van der Waals surface area (Å²) in [5, 5.41) is 1.02. The van der Waals surface area contributed by atoms with E-state index in [-0.39, 0.29) is 17.3 Å². The summed E-state index contributed by atoms with van der Waals surface area (Å²) >= 11 is 11.8. The standard InChI is InChI=1S/C24H15Cl2NO5/c1-30-21-12-14(5-10-20(21)31-23(28)15-6-8-17(25)9-7-15)11-19-24(29)32-22(27-19)16-3-2-4-18(26)13-16/h2-13H,1H3. The van der Waals surface area contributed by atoms with Crippen LogP contribution in [-0.2, 0) is 9.53 Å². The number of esters is 2. The van der Waals surface area contributed by atoms with Gasteiger partial charge in [-0.1, -0.05) is 35.3 Å². The van der Waals surface area contributed by atoms with Crippen LogP contribution >= 0.6 is 23.2 Å². The summed E-state index contributed by atoms with van der Waals surface area (Å²) in [7, 11) is 1.45. The molecule has 0 spiro atoms. The van der Waals surface area contributed by atoms with Crippen molar-refractivity contribution in [2.75, 3.05) is 7.11 Å². The topological polar surface area (TPSA) is 74.2 Å². The molecule has 0 aliphatic carbocycles. The number of cyclic esters (lactones) is 1. The van der Waals surface area contributed by atoms with E-state index in [0.717, 1.165) is 0 Å². The monoisotopic (exact) mass is 467 g/mol. The van der Waals surface area contributed by atoms with Crippen LogP contribution < -0.4 is 9.47 Å². The maximum absolute atomic E-state index is 12.4. The van der Waals surface area contributed by atoms with Crippen molar-refractivity contribution in [3.63, 3.8) is 0 Å². The molecule has 0 bridgehead atoms. The van der Waals surface area contributed by atoms with Gasteiger partial charge in [0.15, 0.2) is 17.2 Å². The third kappa shape index (κ3) is 4.82. The molecule has 3 aromatic carbocycles. The molecule has 32 heavy (non-hydrogen) atoms. The van der Waals surface area contributed by atoms with Crippen molar-refractivity contribution >= 4 is 47.1 Å². The molecular weight excluding hydrogens is 453 g/mol. The molecule has 6 nitrogen and oxygen atoms in total. The number of hydrogen-bond donors (Lipinski definition) is 0. The van der Waals surface area contributed by atoms with E-state index in [2.05, 4.69) is 4.99 Å². The first-order valence-electron chi connectivity index (χ1n) is 9.37. The second-order valence-electron chi connectivity index (χ2n) is 6.65. The highest BCUT2D eigenvalue weighted by Crippen LogP contribution is 2.30. The van der Waals surface area contributed by atoms with E-state index in [0.29, 0.717) is 32.5 Å². The van der Waals surface area contributed by atoms with Crippen LogP contribution in [0.15, 0.2) is 77.4 Å². The van der Waals surface area contributed by atoms with Gasteiger partial charge in [-0.05, 0) is 66.2 Å². The molecule has 160 valence electrons. The Hall–Kier alpha value is -3.61. The fraction of sp³-hybridized carbons (Fsp3) is 0.0417. The van der Waals surface area contributed by atoms with Crippen LogP contribution in [0, 0.1) is 0 Å². The van der Waals surface area contributed by atoms with Crippen LogP contribution in [-0.4, -0.2) is 24.9 Å². The van der Waals surface area contributed by atoms with Gasteiger partial charge in [-0.25, -0.2) is 14.6 Å². The Morgan fingerprint density at radius 2 is 1.75 bits per heavy atom. The molecule has 8 heteroatoms. The zero-order valence-electron chi connectivity index (χ0n) is 16.7. The molecule has 4 rings (SSSR count). The van der Waals surface area contributed by atoms with Crippen LogP contribution in [0.3, 0.4) is 0 Å². The number of rotatable bonds is 5. The highest BCUT2D eigenvalue weighted by Gasteiger charge is 2.24. The average Bonchev–Trinajstić information content (AvgIpc) is 3.15. The van der Waals surface area contributed by atoms with Crippen molar-refractivity contribution in [3.05, 3.63) is 99.2 Å². The molecule has 1 aliphatic heterocycles. The lowest BCUT2D eigenvalue weighted by Gasteiger charge is -2.10. The molecule has 0 saturated carbocycles. The van der Waals surface area contributed by atoms with Crippen molar-refractivity contribution in [3.8, 4) is 11.5 Å². The number of benzene rings is 3. The van der Waals surface area contributed by atoms with Crippen molar-refractivity contribution in [1.29, 1.82) is 0 Å². The SMILES string of the molecule is COc1cc(C=C2N=C(c3cccc(Cl)c3)OC2=O)ccc1OC(=O)c1ccc(Cl)cc1. The van der Waals surface area contributed by atoms with Crippen LogP contribution in [0.4, 0.5) is 0 Å². The molecule has 1 heterocycles. The van der Waals surface area contributed by atoms with Crippen LogP contribution in [0.25, 0.3) is 6.08 Å². The molecule has 0 saturated heterocycles. The van der Waals surface area contributed by atoms with Gasteiger partial charge < -0.3 is 14.2 Å². The molecular formula is C24H15Cl2NO5. The Labute approximate surface area is 193 Å². The van der Waals surface area contributed by atoms with Gasteiger partial charge in [0.05, 0.1) is 12.7 Å². The van der Waals surface area contributed by atoms with Crippen molar-refractivity contribution < 1.29 is 23.8 Å². The minimum absolute atomic E-state index is 0.118. The van der Waals surface area contributed by atoms with E-state index in [1.165, 1.54) is 7.11 Å². The predicted octanol–water partition coefficient (Wildman–Crippen LogP) is 5.57. The quantitative estimate of drug-likeness (QED) is 0.278. The number of carbonyl (C=O) groups is 2. The van der Waals surface area contributed by atoms with E-state index in [9.17, 15) is 9.59 Å². The summed E-state index contributed by atoms with van der Waals surface area (Å²) < 4.78 is 16.0. The van der Waals surface area contributed by atoms with Gasteiger partial charge in [-0.2, -0.15) is 0 Å². The third-order valence-corrected chi connectivity index (χ3v) is 4.95. The molecule has 0 aromatic heterocycles. The number of ether oxygens (including phenoxy) is 3. The minimum Gasteiger partial charge on any atom is -0.493 e. The summed E-state index contributed by atoms with van der Waals surface area (Å²) in [6, 6.07) is 18.1. The molecule has 3 aromatic rings. The Balaban J connectivity index is 1.57. The largest absolute Gasteiger partial charge is 0.493 e. The van der Waals surface area contributed by atoms with E-state index in [1.807, 2.05) is 0 Å². The summed E-state index contributed by atoms with van der Waals surface area (Å²) in [5.74, 6) is -0.429. The Morgan fingerprint density at radius 3 is 2.47 bits per heavy atom. The fourth-order valence-electron chi connectivity index (χ4n) is 2.92. The molecule has 0 radical (unpaired) electrons. The maximum atomic E-state index is 12.4. The van der Waals surface area contributed by atoms with Gasteiger partial charge in [0, 0.05) is 15.6 Å². The third-order valence-electron chi connectivity index (χ3n) is 4.47. The second kappa shape index (κ2) is 9.26. The fourth-order valence-corrected chi connectivity index (χ4v) is 3.23. The first-order valence-corrected chi connectivity index (χ1v) is 10.1. The van der Waals surface area contributed by atoms with E-state index < -0.39 is 11.9 Å². The maximum Gasteiger partial charge on any atom is 0.363 e. The van der Waals surface area contributed by atoms with Crippen molar-refractivity contribution in [1.82, 2.24) is 0 Å². The van der Waals surface area contributed by atoms with Gasteiger partial charge in [-0.15, -0.1) is 0 Å².